The monoisotopic (exact) mass is 399 g/mol. The van der Waals surface area contributed by atoms with Crippen LogP contribution in [0.25, 0.3) is 0 Å². The van der Waals surface area contributed by atoms with E-state index in [1.807, 2.05) is 91.0 Å². The Bertz CT molecular complexity index is 1010. The number of rotatable bonds is 7. The van der Waals surface area contributed by atoms with Crippen molar-refractivity contribution in [2.45, 2.75) is 11.5 Å². The molecule has 4 aromatic rings. The SMILES string of the molecule is O=C(CSc1ccc(Cc2ccccc2)o1)N(c1ccccc1)c1ccccc1. The molecule has 0 saturated heterocycles. The van der Waals surface area contributed by atoms with Crippen LogP contribution in [0.4, 0.5) is 11.4 Å². The maximum atomic E-state index is 13.1. The minimum atomic E-state index is 0.00779. The second kappa shape index (κ2) is 9.30. The smallest absolute Gasteiger partial charge is 0.242 e. The topological polar surface area (TPSA) is 33.5 Å². The van der Waals surface area contributed by atoms with E-state index in [2.05, 4.69) is 12.1 Å². The molecule has 1 heterocycles. The molecule has 29 heavy (non-hydrogen) atoms. The lowest BCUT2D eigenvalue weighted by molar-refractivity contribution is -0.115. The van der Waals surface area contributed by atoms with Gasteiger partial charge in [0.15, 0.2) is 5.09 Å². The average molecular weight is 400 g/mol. The Morgan fingerprint density at radius 2 is 1.28 bits per heavy atom. The Morgan fingerprint density at radius 1 is 0.724 bits per heavy atom. The van der Waals surface area contributed by atoms with Crippen LogP contribution in [0.5, 0.6) is 0 Å². The van der Waals surface area contributed by atoms with Gasteiger partial charge in [-0.25, -0.2) is 0 Å². The molecule has 0 bridgehead atoms. The Labute approximate surface area is 175 Å². The van der Waals surface area contributed by atoms with E-state index in [9.17, 15) is 4.79 Å². The van der Waals surface area contributed by atoms with E-state index in [0.29, 0.717) is 5.75 Å². The van der Waals surface area contributed by atoms with E-state index in [0.717, 1.165) is 28.6 Å². The highest BCUT2D eigenvalue weighted by Gasteiger charge is 2.18. The standard InChI is InChI=1S/C25H21NO2S/c27-24(26(21-12-6-2-7-13-21)22-14-8-3-9-15-22)19-29-25-17-16-23(28-25)18-20-10-4-1-5-11-20/h1-17H,18-19H2. The summed E-state index contributed by atoms with van der Waals surface area (Å²) in [5.41, 5.74) is 2.91. The van der Waals surface area contributed by atoms with Crippen molar-refractivity contribution < 1.29 is 9.21 Å². The first-order valence-electron chi connectivity index (χ1n) is 9.48. The first-order chi connectivity index (χ1) is 14.3. The van der Waals surface area contributed by atoms with Crippen LogP contribution in [0.3, 0.4) is 0 Å². The molecule has 0 atom stereocenters. The fourth-order valence-electron chi connectivity index (χ4n) is 3.12. The Morgan fingerprint density at radius 3 is 1.86 bits per heavy atom. The molecule has 1 aromatic heterocycles. The fourth-order valence-corrected chi connectivity index (χ4v) is 3.84. The molecule has 1 amide bonds. The Balaban J connectivity index is 1.45. The van der Waals surface area contributed by atoms with Crippen molar-refractivity contribution in [3.05, 3.63) is 114 Å². The van der Waals surface area contributed by atoms with Gasteiger partial charge in [-0.05, 0) is 42.0 Å². The van der Waals surface area contributed by atoms with E-state index < -0.39 is 0 Å². The number of para-hydroxylation sites is 2. The molecule has 0 radical (unpaired) electrons. The number of carbonyl (C=O) groups excluding carboxylic acids is 1. The van der Waals surface area contributed by atoms with Crippen LogP contribution in [-0.2, 0) is 11.2 Å². The highest BCUT2D eigenvalue weighted by Crippen LogP contribution is 2.28. The van der Waals surface area contributed by atoms with E-state index in [1.165, 1.54) is 17.3 Å². The molecule has 0 fully saturated rings. The van der Waals surface area contributed by atoms with Crippen LogP contribution >= 0.6 is 11.8 Å². The number of benzene rings is 3. The number of hydrogen-bond acceptors (Lipinski definition) is 3. The number of hydrogen-bond donors (Lipinski definition) is 0. The van der Waals surface area contributed by atoms with Crippen molar-refractivity contribution in [1.29, 1.82) is 0 Å². The Hall–Kier alpha value is -3.24. The molecule has 0 spiro atoms. The van der Waals surface area contributed by atoms with Gasteiger partial charge in [0, 0.05) is 17.8 Å². The molecule has 4 rings (SSSR count). The maximum absolute atomic E-state index is 13.1. The van der Waals surface area contributed by atoms with Crippen molar-refractivity contribution >= 4 is 29.0 Å². The molecule has 0 unspecified atom stereocenters. The normalized spacial score (nSPS) is 10.6. The third kappa shape index (κ3) is 4.98. The molecule has 3 aromatic carbocycles. The van der Waals surface area contributed by atoms with E-state index in [-0.39, 0.29) is 5.91 Å². The van der Waals surface area contributed by atoms with Gasteiger partial charge in [0.25, 0.3) is 0 Å². The molecular weight excluding hydrogens is 378 g/mol. The van der Waals surface area contributed by atoms with Crippen LogP contribution < -0.4 is 4.90 Å². The summed E-state index contributed by atoms with van der Waals surface area (Å²) >= 11 is 1.42. The molecule has 0 aliphatic heterocycles. The van der Waals surface area contributed by atoms with E-state index in [1.54, 1.807) is 4.90 Å². The minimum absolute atomic E-state index is 0.00779. The van der Waals surface area contributed by atoms with E-state index >= 15 is 0 Å². The summed E-state index contributed by atoms with van der Waals surface area (Å²) in [5.74, 6) is 1.20. The lowest BCUT2D eigenvalue weighted by Gasteiger charge is -2.22. The molecule has 0 aliphatic carbocycles. The predicted molar refractivity (Wildman–Crippen MR) is 119 cm³/mol. The summed E-state index contributed by atoms with van der Waals surface area (Å²) in [7, 11) is 0. The first-order valence-corrected chi connectivity index (χ1v) is 10.5. The number of carbonyl (C=O) groups is 1. The third-order valence-corrected chi connectivity index (χ3v) is 5.37. The largest absolute Gasteiger partial charge is 0.455 e. The van der Waals surface area contributed by atoms with Gasteiger partial charge in [-0.3, -0.25) is 9.69 Å². The zero-order chi connectivity index (χ0) is 19.9. The van der Waals surface area contributed by atoms with E-state index in [4.69, 9.17) is 4.42 Å². The number of furan rings is 1. The van der Waals surface area contributed by atoms with Crippen LogP contribution in [0, 0.1) is 0 Å². The van der Waals surface area contributed by atoms with Crippen molar-refractivity contribution in [2.24, 2.45) is 0 Å². The summed E-state index contributed by atoms with van der Waals surface area (Å²) in [6.07, 6.45) is 0.746. The van der Waals surface area contributed by atoms with Crippen molar-refractivity contribution in [1.82, 2.24) is 0 Å². The second-order valence-corrected chi connectivity index (χ2v) is 7.55. The van der Waals surface area contributed by atoms with Gasteiger partial charge in [-0.15, -0.1) is 0 Å². The summed E-state index contributed by atoms with van der Waals surface area (Å²) in [6.45, 7) is 0. The number of nitrogens with zero attached hydrogens (tertiary/aromatic N) is 1. The Kier molecular flexibility index (Phi) is 6.13. The lowest BCUT2D eigenvalue weighted by Crippen LogP contribution is -2.27. The van der Waals surface area contributed by atoms with Crippen LogP contribution in [0.2, 0.25) is 0 Å². The number of anilines is 2. The van der Waals surface area contributed by atoms with Crippen LogP contribution in [-0.4, -0.2) is 11.7 Å². The average Bonchev–Trinajstić information content (AvgIpc) is 3.22. The van der Waals surface area contributed by atoms with Gasteiger partial charge >= 0.3 is 0 Å². The zero-order valence-corrected chi connectivity index (χ0v) is 16.7. The molecule has 0 aliphatic rings. The highest BCUT2D eigenvalue weighted by molar-refractivity contribution is 7.99. The fraction of sp³-hybridized carbons (Fsp3) is 0.0800. The summed E-state index contributed by atoms with van der Waals surface area (Å²) in [5, 5.41) is 0.755. The van der Waals surface area contributed by atoms with Crippen LogP contribution in [0.15, 0.2) is 113 Å². The number of thioether (sulfide) groups is 1. The van der Waals surface area contributed by atoms with Gasteiger partial charge in [-0.2, -0.15) is 0 Å². The molecule has 144 valence electrons. The molecule has 3 nitrogen and oxygen atoms in total. The third-order valence-electron chi connectivity index (χ3n) is 4.47. The van der Waals surface area contributed by atoms with Crippen molar-refractivity contribution in [2.75, 3.05) is 10.7 Å². The van der Waals surface area contributed by atoms with Gasteiger partial charge in [0.05, 0.1) is 5.75 Å². The molecule has 0 N–H and O–H groups in total. The summed E-state index contributed by atoms with van der Waals surface area (Å²) in [6, 6.07) is 33.6. The number of amides is 1. The van der Waals surface area contributed by atoms with Crippen LogP contribution in [0.1, 0.15) is 11.3 Å². The quantitative estimate of drug-likeness (QED) is 0.341. The lowest BCUT2D eigenvalue weighted by atomic mass is 10.1. The van der Waals surface area contributed by atoms with Crippen molar-refractivity contribution in [3.8, 4) is 0 Å². The van der Waals surface area contributed by atoms with Gasteiger partial charge < -0.3 is 4.42 Å². The first kappa shape index (κ1) is 19.1. The molecule has 4 heteroatoms. The predicted octanol–water partition coefficient (Wildman–Crippen LogP) is 6.33. The maximum Gasteiger partial charge on any atom is 0.242 e. The summed E-state index contributed by atoms with van der Waals surface area (Å²) < 4.78 is 5.92. The highest BCUT2D eigenvalue weighted by atomic mass is 32.2. The summed E-state index contributed by atoms with van der Waals surface area (Å²) in [4.78, 5) is 14.8. The molecular formula is C25H21NO2S. The van der Waals surface area contributed by atoms with Gasteiger partial charge in [0.2, 0.25) is 5.91 Å². The van der Waals surface area contributed by atoms with Crippen molar-refractivity contribution in [3.63, 3.8) is 0 Å². The minimum Gasteiger partial charge on any atom is -0.455 e. The second-order valence-electron chi connectivity index (χ2n) is 6.57. The molecule has 0 saturated carbocycles. The van der Waals surface area contributed by atoms with Gasteiger partial charge in [-0.1, -0.05) is 78.5 Å². The van der Waals surface area contributed by atoms with Gasteiger partial charge in [0.1, 0.15) is 5.76 Å². The zero-order valence-electron chi connectivity index (χ0n) is 15.9.